The average molecular weight is 414 g/mol. The molecule has 0 unspecified atom stereocenters. The van der Waals surface area contributed by atoms with Crippen LogP contribution in [-0.2, 0) is 10.0 Å². The van der Waals surface area contributed by atoms with E-state index in [0.717, 1.165) is 5.69 Å². The van der Waals surface area contributed by atoms with Gasteiger partial charge in [-0.15, -0.1) is 11.3 Å². The van der Waals surface area contributed by atoms with Crippen LogP contribution in [0.15, 0.2) is 41.8 Å². The lowest BCUT2D eigenvalue weighted by Crippen LogP contribution is -2.50. The summed E-state index contributed by atoms with van der Waals surface area (Å²) in [6.07, 6.45) is 0. The molecule has 2 heterocycles. The Labute approximate surface area is 162 Å². The number of halogens is 1. The number of piperazine rings is 1. The van der Waals surface area contributed by atoms with Crippen molar-refractivity contribution in [3.8, 4) is 0 Å². The number of nitrogens with zero attached hydrogens (tertiary/aromatic N) is 2. The fourth-order valence-corrected chi connectivity index (χ4v) is 4.90. The summed E-state index contributed by atoms with van der Waals surface area (Å²) in [5.41, 5.74) is 1.04. The first-order valence-corrected chi connectivity index (χ1v) is 11.1. The molecule has 1 aliphatic heterocycles. The van der Waals surface area contributed by atoms with Crippen molar-refractivity contribution in [2.24, 2.45) is 0 Å². The molecule has 140 valence electrons. The lowest BCUT2D eigenvalue weighted by Gasteiger charge is -2.35. The normalized spacial score (nSPS) is 15.8. The molecule has 0 saturated carbocycles. The Morgan fingerprint density at radius 2 is 1.81 bits per heavy atom. The van der Waals surface area contributed by atoms with Gasteiger partial charge in [0.15, 0.2) is 0 Å². The molecule has 1 aliphatic rings. The summed E-state index contributed by atoms with van der Waals surface area (Å²) in [5, 5.41) is 5.15. The number of carbonyl (C=O) groups excluding carboxylic acids is 1. The maximum atomic E-state index is 12.5. The molecule has 0 aliphatic carbocycles. The topological polar surface area (TPSA) is 69.7 Å². The fraction of sp³-hybridized carbons (Fsp3) is 0.353. The van der Waals surface area contributed by atoms with Crippen molar-refractivity contribution in [2.45, 2.75) is 0 Å². The first kappa shape index (κ1) is 19.2. The molecule has 6 nitrogen and oxygen atoms in total. The average Bonchev–Trinajstić information content (AvgIpc) is 3.17. The number of amides is 1. The molecular formula is C17H20ClN3O3S2. The number of carbonyl (C=O) groups is 1. The molecular weight excluding hydrogens is 394 g/mol. The van der Waals surface area contributed by atoms with Crippen LogP contribution >= 0.6 is 22.9 Å². The quantitative estimate of drug-likeness (QED) is 0.788. The molecule has 0 spiro atoms. The van der Waals surface area contributed by atoms with Crippen LogP contribution in [0.1, 0.15) is 9.67 Å². The van der Waals surface area contributed by atoms with E-state index in [-0.39, 0.29) is 18.2 Å². The van der Waals surface area contributed by atoms with Crippen LogP contribution in [0, 0.1) is 0 Å². The summed E-state index contributed by atoms with van der Waals surface area (Å²) in [4.78, 5) is 14.6. The summed E-state index contributed by atoms with van der Waals surface area (Å²) in [5.74, 6) is -0.326. The van der Waals surface area contributed by atoms with Crippen molar-refractivity contribution in [2.75, 3.05) is 43.4 Å². The Balaban J connectivity index is 1.48. The Morgan fingerprint density at radius 3 is 2.42 bits per heavy atom. The smallest absolute Gasteiger partial charge is 0.261 e. The van der Waals surface area contributed by atoms with E-state index in [2.05, 4.69) is 10.2 Å². The lowest BCUT2D eigenvalue weighted by atomic mass is 10.2. The van der Waals surface area contributed by atoms with Gasteiger partial charge in [-0.1, -0.05) is 17.7 Å². The second-order valence-corrected chi connectivity index (χ2v) is 9.38. The number of sulfonamides is 1. The van der Waals surface area contributed by atoms with Gasteiger partial charge in [0.25, 0.3) is 5.91 Å². The molecule has 1 aromatic heterocycles. The van der Waals surface area contributed by atoms with Crippen molar-refractivity contribution in [1.82, 2.24) is 9.62 Å². The third kappa shape index (κ3) is 4.76. The summed E-state index contributed by atoms with van der Waals surface area (Å²) >= 11 is 7.23. The summed E-state index contributed by atoms with van der Waals surface area (Å²) in [6.45, 7) is 2.23. The zero-order valence-electron chi connectivity index (χ0n) is 14.1. The van der Waals surface area contributed by atoms with E-state index >= 15 is 0 Å². The van der Waals surface area contributed by atoms with E-state index in [4.69, 9.17) is 11.6 Å². The standard InChI is InChI=1S/C17H20ClN3O3S2/c18-14-3-5-15(6-4-14)20-8-10-21(11-9-20)26(23,24)13-7-19-17(22)16-2-1-12-25-16/h1-6,12H,7-11,13H2,(H,19,22). The van der Waals surface area contributed by atoms with Gasteiger partial charge in [-0.25, -0.2) is 8.42 Å². The van der Waals surface area contributed by atoms with Crippen molar-refractivity contribution in [1.29, 1.82) is 0 Å². The molecule has 0 bridgehead atoms. The van der Waals surface area contributed by atoms with E-state index in [1.54, 1.807) is 12.1 Å². The maximum absolute atomic E-state index is 12.5. The third-order valence-electron chi connectivity index (χ3n) is 4.21. The molecule has 26 heavy (non-hydrogen) atoms. The number of anilines is 1. The lowest BCUT2D eigenvalue weighted by molar-refractivity contribution is 0.0960. The molecule has 2 aromatic rings. The van der Waals surface area contributed by atoms with E-state index < -0.39 is 10.0 Å². The van der Waals surface area contributed by atoms with Gasteiger partial charge in [-0.05, 0) is 35.7 Å². The Hall–Kier alpha value is -1.61. The SMILES string of the molecule is O=C(NCCS(=O)(=O)N1CCN(c2ccc(Cl)cc2)CC1)c1cccs1. The first-order chi connectivity index (χ1) is 12.5. The summed E-state index contributed by atoms with van der Waals surface area (Å²) in [6, 6.07) is 11.0. The molecule has 9 heteroatoms. The van der Waals surface area contributed by atoms with Crippen LogP contribution in [0.2, 0.25) is 5.02 Å². The number of nitrogens with one attached hydrogen (secondary N) is 1. The molecule has 0 radical (unpaired) electrons. The highest BCUT2D eigenvalue weighted by Crippen LogP contribution is 2.20. The second-order valence-electron chi connectivity index (χ2n) is 5.91. The van der Waals surface area contributed by atoms with Gasteiger partial charge >= 0.3 is 0 Å². The number of rotatable bonds is 6. The summed E-state index contributed by atoms with van der Waals surface area (Å²) in [7, 11) is -3.39. The van der Waals surface area contributed by atoms with Crippen LogP contribution in [0.25, 0.3) is 0 Å². The molecule has 3 rings (SSSR count). The van der Waals surface area contributed by atoms with Crippen LogP contribution in [0.5, 0.6) is 0 Å². The Morgan fingerprint density at radius 1 is 1.12 bits per heavy atom. The van der Waals surface area contributed by atoms with Crippen LogP contribution < -0.4 is 10.2 Å². The van der Waals surface area contributed by atoms with Crippen molar-refractivity contribution in [3.63, 3.8) is 0 Å². The Kier molecular flexibility index (Phi) is 6.18. The van der Waals surface area contributed by atoms with Crippen LogP contribution in [0.4, 0.5) is 5.69 Å². The van der Waals surface area contributed by atoms with E-state index in [9.17, 15) is 13.2 Å². The monoisotopic (exact) mass is 413 g/mol. The minimum atomic E-state index is -3.39. The molecule has 0 atom stereocenters. The number of thiophene rings is 1. The second kappa shape index (κ2) is 8.39. The van der Waals surface area contributed by atoms with Gasteiger partial charge in [0, 0.05) is 43.4 Å². The zero-order valence-corrected chi connectivity index (χ0v) is 16.5. The van der Waals surface area contributed by atoms with E-state index in [1.807, 2.05) is 29.6 Å². The zero-order chi connectivity index (χ0) is 18.6. The number of hydrogen-bond acceptors (Lipinski definition) is 5. The van der Waals surface area contributed by atoms with Gasteiger partial charge in [-0.3, -0.25) is 4.79 Å². The highest BCUT2D eigenvalue weighted by Gasteiger charge is 2.26. The van der Waals surface area contributed by atoms with E-state index in [1.165, 1.54) is 15.6 Å². The van der Waals surface area contributed by atoms with Gasteiger partial charge in [-0.2, -0.15) is 4.31 Å². The van der Waals surface area contributed by atoms with Gasteiger partial charge in [0.05, 0.1) is 10.6 Å². The van der Waals surface area contributed by atoms with Crippen molar-refractivity contribution < 1.29 is 13.2 Å². The van der Waals surface area contributed by atoms with Gasteiger partial charge in [0.1, 0.15) is 0 Å². The highest BCUT2D eigenvalue weighted by molar-refractivity contribution is 7.89. The molecule has 1 fully saturated rings. The Bertz CT molecular complexity index is 831. The highest BCUT2D eigenvalue weighted by atomic mass is 35.5. The fourth-order valence-electron chi connectivity index (χ4n) is 2.79. The largest absolute Gasteiger partial charge is 0.369 e. The predicted octanol–water partition coefficient (Wildman–Crippen LogP) is 2.28. The summed E-state index contributed by atoms with van der Waals surface area (Å²) < 4.78 is 26.5. The number of hydrogen-bond donors (Lipinski definition) is 1. The van der Waals surface area contributed by atoms with Crippen molar-refractivity contribution in [3.05, 3.63) is 51.7 Å². The van der Waals surface area contributed by atoms with Crippen LogP contribution in [-0.4, -0.2) is 57.1 Å². The minimum Gasteiger partial charge on any atom is -0.369 e. The minimum absolute atomic E-state index is 0.0922. The molecule has 1 saturated heterocycles. The first-order valence-electron chi connectivity index (χ1n) is 8.26. The van der Waals surface area contributed by atoms with Crippen LogP contribution in [0.3, 0.4) is 0 Å². The molecule has 1 aromatic carbocycles. The van der Waals surface area contributed by atoms with Gasteiger partial charge in [0.2, 0.25) is 10.0 Å². The van der Waals surface area contributed by atoms with Crippen molar-refractivity contribution >= 4 is 44.6 Å². The van der Waals surface area contributed by atoms with Gasteiger partial charge < -0.3 is 10.2 Å². The maximum Gasteiger partial charge on any atom is 0.261 e. The third-order valence-corrected chi connectivity index (χ3v) is 7.21. The molecule has 1 amide bonds. The predicted molar refractivity (Wildman–Crippen MR) is 106 cm³/mol. The van der Waals surface area contributed by atoms with E-state index in [0.29, 0.717) is 36.1 Å². The number of benzene rings is 1. The molecule has 1 N–H and O–H groups in total.